The first kappa shape index (κ1) is 26.6. The van der Waals surface area contributed by atoms with E-state index >= 15 is 0 Å². The molecule has 0 aliphatic heterocycles. The Morgan fingerprint density at radius 2 is 1.38 bits per heavy atom. The van der Waals surface area contributed by atoms with Crippen molar-refractivity contribution in [2.24, 2.45) is 0 Å². The number of amides is 1. The van der Waals surface area contributed by atoms with E-state index in [1.807, 2.05) is 48.5 Å². The standard InChI is InChI=1S/C31H25Cl2NO5/c32-27-10-5-11-28(33)25(27)17-34(29(30(36)37)16-19-12-14-20(35)15-13-19)31(38)39-18-26-23-8-3-1-6-21(23)22-7-2-4-9-24(22)26/h1-15,26,29,35H,16-18H2,(H,36,37)/t29-/m0/s1. The fourth-order valence-corrected chi connectivity index (χ4v) is 5.54. The number of hydrogen-bond acceptors (Lipinski definition) is 4. The number of ether oxygens (including phenoxy) is 1. The minimum Gasteiger partial charge on any atom is -0.508 e. The molecule has 198 valence electrons. The summed E-state index contributed by atoms with van der Waals surface area (Å²) in [7, 11) is 0. The van der Waals surface area contributed by atoms with E-state index in [9.17, 15) is 19.8 Å². The summed E-state index contributed by atoms with van der Waals surface area (Å²) in [6.45, 7) is -0.130. The number of aromatic hydroxyl groups is 1. The first-order valence-electron chi connectivity index (χ1n) is 12.4. The largest absolute Gasteiger partial charge is 0.508 e. The Hall–Kier alpha value is -4.00. The Morgan fingerprint density at radius 1 is 0.821 bits per heavy atom. The first-order valence-corrected chi connectivity index (χ1v) is 13.1. The smallest absolute Gasteiger partial charge is 0.410 e. The topological polar surface area (TPSA) is 87.1 Å². The van der Waals surface area contributed by atoms with Gasteiger partial charge in [0.25, 0.3) is 0 Å². The van der Waals surface area contributed by atoms with Gasteiger partial charge in [-0.25, -0.2) is 9.59 Å². The van der Waals surface area contributed by atoms with Gasteiger partial charge < -0.3 is 14.9 Å². The number of phenols is 1. The maximum Gasteiger partial charge on any atom is 0.410 e. The molecule has 0 fully saturated rings. The maximum absolute atomic E-state index is 13.7. The molecule has 8 heteroatoms. The Morgan fingerprint density at radius 3 is 1.95 bits per heavy atom. The third-order valence-electron chi connectivity index (χ3n) is 6.99. The lowest BCUT2D eigenvalue weighted by atomic mass is 9.98. The first-order chi connectivity index (χ1) is 18.8. The Balaban J connectivity index is 1.45. The summed E-state index contributed by atoms with van der Waals surface area (Å²) >= 11 is 12.8. The molecule has 0 aromatic heterocycles. The monoisotopic (exact) mass is 561 g/mol. The summed E-state index contributed by atoms with van der Waals surface area (Å²) in [5.74, 6) is -1.34. The van der Waals surface area contributed by atoms with Crippen LogP contribution in [0, 0.1) is 0 Å². The van der Waals surface area contributed by atoms with Gasteiger partial charge in [0.1, 0.15) is 18.4 Å². The molecule has 0 heterocycles. The van der Waals surface area contributed by atoms with E-state index in [1.54, 1.807) is 30.3 Å². The van der Waals surface area contributed by atoms with Crippen LogP contribution in [0.3, 0.4) is 0 Å². The van der Waals surface area contributed by atoms with E-state index < -0.39 is 18.1 Å². The fourth-order valence-electron chi connectivity index (χ4n) is 5.02. The van der Waals surface area contributed by atoms with E-state index in [0.717, 1.165) is 27.2 Å². The normalized spacial score (nSPS) is 12.9. The van der Waals surface area contributed by atoms with Crippen molar-refractivity contribution in [1.82, 2.24) is 4.90 Å². The zero-order chi connectivity index (χ0) is 27.5. The predicted octanol–water partition coefficient (Wildman–Crippen LogP) is 7.15. The van der Waals surface area contributed by atoms with E-state index in [-0.39, 0.29) is 31.2 Å². The molecule has 5 rings (SSSR count). The molecule has 1 aliphatic carbocycles. The van der Waals surface area contributed by atoms with Gasteiger partial charge in [0.15, 0.2) is 0 Å². The van der Waals surface area contributed by atoms with Crippen molar-refractivity contribution in [3.63, 3.8) is 0 Å². The molecule has 4 aromatic rings. The number of aliphatic carboxylic acids is 1. The molecular formula is C31H25Cl2NO5. The van der Waals surface area contributed by atoms with Gasteiger partial charge in [0.2, 0.25) is 0 Å². The summed E-state index contributed by atoms with van der Waals surface area (Å²) in [5.41, 5.74) is 5.32. The Labute approximate surface area is 236 Å². The van der Waals surface area contributed by atoms with Crippen LogP contribution in [0.1, 0.15) is 28.2 Å². The predicted molar refractivity (Wildman–Crippen MR) is 150 cm³/mol. The van der Waals surface area contributed by atoms with Crippen LogP contribution in [0.15, 0.2) is 91.0 Å². The highest BCUT2D eigenvalue weighted by Gasteiger charge is 2.34. The number of carbonyl (C=O) groups excluding carboxylic acids is 1. The van der Waals surface area contributed by atoms with Crippen molar-refractivity contribution in [1.29, 1.82) is 0 Å². The van der Waals surface area contributed by atoms with Gasteiger partial charge in [-0.2, -0.15) is 0 Å². The highest BCUT2D eigenvalue weighted by molar-refractivity contribution is 6.36. The Kier molecular flexibility index (Phi) is 7.77. The molecule has 0 bridgehead atoms. The van der Waals surface area contributed by atoms with Crippen molar-refractivity contribution >= 4 is 35.3 Å². The molecule has 0 radical (unpaired) electrons. The lowest BCUT2D eigenvalue weighted by Crippen LogP contribution is -2.46. The van der Waals surface area contributed by atoms with Crippen LogP contribution in [-0.4, -0.2) is 39.8 Å². The lowest BCUT2D eigenvalue weighted by molar-refractivity contribution is -0.143. The van der Waals surface area contributed by atoms with Gasteiger partial charge in [-0.3, -0.25) is 4.90 Å². The third kappa shape index (κ3) is 5.58. The van der Waals surface area contributed by atoms with Gasteiger partial charge >= 0.3 is 12.1 Å². The number of fused-ring (bicyclic) bond motifs is 3. The van der Waals surface area contributed by atoms with Gasteiger partial charge in [-0.15, -0.1) is 0 Å². The number of nitrogens with zero attached hydrogens (tertiary/aromatic N) is 1. The number of carbonyl (C=O) groups is 2. The van der Waals surface area contributed by atoms with E-state index in [1.165, 1.54) is 12.1 Å². The molecule has 39 heavy (non-hydrogen) atoms. The minimum absolute atomic E-state index is 0.0120. The highest BCUT2D eigenvalue weighted by Crippen LogP contribution is 2.44. The van der Waals surface area contributed by atoms with Crippen LogP contribution >= 0.6 is 23.2 Å². The quantitative estimate of drug-likeness (QED) is 0.238. The van der Waals surface area contributed by atoms with Crippen LogP contribution in [0.5, 0.6) is 5.75 Å². The van der Waals surface area contributed by atoms with Gasteiger partial charge in [-0.1, -0.05) is 89.9 Å². The summed E-state index contributed by atoms with van der Waals surface area (Å²) in [6.07, 6.45) is -0.805. The molecule has 1 amide bonds. The van der Waals surface area contributed by atoms with Crippen molar-refractivity contribution in [2.75, 3.05) is 6.61 Å². The zero-order valence-electron chi connectivity index (χ0n) is 20.8. The Bertz CT molecular complexity index is 1460. The molecule has 4 aromatic carbocycles. The van der Waals surface area contributed by atoms with Crippen molar-refractivity contribution in [2.45, 2.75) is 24.9 Å². The number of carboxylic acid groups (broad SMARTS) is 1. The lowest BCUT2D eigenvalue weighted by Gasteiger charge is -2.30. The van der Waals surface area contributed by atoms with Crippen LogP contribution in [0.25, 0.3) is 11.1 Å². The second-order valence-corrected chi connectivity index (χ2v) is 10.2. The number of carboxylic acids is 1. The van der Waals surface area contributed by atoms with Crippen LogP contribution in [0.4, 0.5) is 4.79 Å². The average Bonchev–Trinajstić information content (AvgIpc) is 3.25. The summed E-state index contributed by atoms with van der Waals surface area (Å²) in [4.78, 5) is 27.3. The summed E-state index contributed by atoms with van der Waals surface area (Å²) < 4.78 is 5.84. The van der Waals surface area contributed by atoms with E-state index in [2.05, 4.69) is 0 Å². The van der Waals surface area contributed by atoms with Gasteiger partial charge in [0.05, 0.1) is 6.54 Å². The number of hydrogen-bond donors (Lipinski definition) is 2. The van der Waals surface area contributed by atoms with E-state index in [0.29, 0.717) is 21.2 Å². The average molecular weight is 562 g/mol. The van der Waals surface area contributed by atoms with Crippen LogP contribution < -0.4 is 0 Å². The second-order valence-electron chi connectivity index (χ2n) is 9.36. The molecular weight excluding hydrogens is 537 g/mol. The van der Waals surface area contributed by atoms with Gasteiger partial charge in [-0.05, 0) is 52.1 Å². The van der Waals surface area contributed by atoms with Crippen molar-refractivity contribution in [3.05, 3.63) is 123 Å². The van der Waals surface area contributed by atoms with Crippen LogP contribution in [0.2, 0.25) is 10.0 Å². The SMILES string of the molecule is O=C(O)[C@H](Cc1ccc(O)cc1)N(Cc1c(Cl)cccc1Cl)C(=O)OCC1c2ccccc2-c2ccccc21. The molecule has 1 atom stereocenters. The van der Waals surface area contributed by atoms with E-state index in [4.69, 9.17) is 27.9 Å². The van der Waals surface area contributed by atoms with Crippen molar-refractivity contribution < 1.29 is 24.5 Å². The zero-order valence-corrected chi connectivity index (χ0v) is 22.3. The highest BCUT2D eigenvalue weighted by atomic mass is 35.5. The molecule has 0 saturated heterocycles. The molecule has 0 unspecified atom stereocenters. The minimum atomic E-state index is -1.28. The van der Waals surface area contributed by atoms with Crippen molar-refractivity contribution in [3.8, 4) is 16.9 Å². The van der Waals surface area contributed by atoms with Gasteiger partial charge in [0, 0.05) is 27.9 Å². The summed E-state index contributed by atoms with van der Waals surface area (Å²) in [5, 5.41) is 20.5. The third-order valence-corrected chi connectivity index (χ3v) is 7.70. The number of rotatable bonds is 8. The molecule has 6 nitrogen and oxygen atoms in total. The number of phenolic OH excluding ortho intramolecular Hbond substituents is 1. The fraction of sp³-hybridized carbons (Fsp3) is 0.161. The maximum atomic E-state index is 13.7. The van der Waals surface area contributed by atoms with Crippen LogP contribution in [-0.2, 0) is 22.5 Å². The summed E-state index contributed by atoms with van der Waals surface area (Å²) in [6, 6.07) is 25.8. The molecule has 1 aliphatic rings. The number of benzene rings is 4. The second kappa shape index (κ2) is 11.4. The number of halogens is 2. The molecule has 2 N–H and O–H groups in total. The molecule has 0 spiro atoms. The molecule has 0 saturated carbocycles.